The SMILES string of the molecule is CCOCCCNC(=O)Cn1ccc2cc(S(=O)(=O)N3CCCCCC3)ccc21. The predicted molar refractivity (Wildman–Crippen MR) is 113 cm³/mol. The number of hydrogen-bond donors (Lipinski definition) is 1. The first-order chi connectivity index (χ1) is 14.0. The molecule has 1 aromatic heterocycles. The number of carbonyl (C=O) groups excluding carboxylic acids is 1. The van der Waals surface area contributed by atoms with E-state index in [0.29, 0.717) is 37.7 Å². The van der Waals surface area contributed by atoms with Crippen molar-refractivity contribution in [2.75, 3.05) is 32.8 Å². The van der Waals surface area contributed by atoms with Crippen molar-refractivity contribution in [1.29, 1.82) is 0 Å². The molecule has 8 heteroatoms. The van der Waals surface area contributed by atoms with E-state index in [9.17, 15) is 13.2 Å². The highest BCUT2D eigenvalue weighted by Crippen LogP contribution is 2.24. The number of ether oxygens (including phenoxy) is 1. The fourth-order valence-electron chi connectivity index (χ4n) is 3.66. The number of hydrogen-bond acceptors (Lipinski definition) is 4. The van der Waals surface area contributed by atoms with Gasteiger partial charge in [-0.1, -0.05) is 12.8 Å². The fraction of sp³-hybridized carbons (Fsp3) is 0.571. The van der Waals surface area contributed by atoms with E-state index in [2.05, 4.69) is 5.32 Å². The van der Waals surface area contributed by atoms with Crippen molar-refractivity contribution in [3.63, 3.8) is 0 Å². The normalized spacial score (nSPS) is 16.0. The molecule has 1 amide bonds. The maximum absolute atomic E-state index is 13.0. The minimum absolute atomic E-state index is 0.0692. The van der Waals surface area contributed by atoms with Crippen molar-refractivity contribution < 1.29 is 17.9 Å². The zero-order valence-electron chi connectivity index (χ0n) is 17.1. The van der Waals surface area contributed by atoms with Crippen molar-refractivity contribution in [3.8, 4) is 0 Å². The number of carbonyl (C=O) groups is 1. The van der Waals surface area contributed by atoms with Gasteiger partial charge in [0.05, 0.1) is 4.90 Å². The topological polar surface area (TPSA) is 80.6 Å². The number of amides is 1. The van der Waals surface area contributed by atoms with Gasteiger partial charge in [-0.25, -0.2) is 8.42 Å². The van der Waals surface area contributed by atoms with Gasteiger partial charge in [0.2, 0.25) is 15.9 Å². The largest absolute Gasteiger partial charge is 0.382 e. The van der Waals surface area contributed by atoms with Crippen LogP contribution in [0.1, 0.15) is 39.0 Å². The summed E-state index contributed by atoms with van der Waals surface area (Å²) in [4.78, 5) is 12.5. The van der Waals surface area contributed by atoms with Gasteiger partial charge in [0.15, 0.2) is 0 Å². The van der Waals surface area contributed by atoms with Gasteiger partial charge in [0.1, 0.15) is 6.54 Å². The second-order valence-electron chi connectivity index (χ2n) is 7.38. The Hall–Kier alpha value is -1.90. The molecular weight excluding hydrogens is 390 g/mol. The Morgan fingerprint density at radius 3 is 2.62 bits per heavy atom. The predicted octanol–water partition coefficient (Wildman–Crippen LogP) is 2.75. The number of nitrogens with one attached hydrogen (secondary N) is 1. The molecule has 1 aromatic carbocycles. The van der Waals surface area contributed by atoms with Gasteiger partial charge >= 0.3 is 0 Å². The van der Waals surface area contributed by atoms with Crippen LogP contribution < -0.4 is 5.32 Å². The van der Waals surface area contributed by atoms with E-state index in [0.717, 1.165) is 43.0 Å². The average Bonchev–Trinajstić information content (AvgIpc) is 2.91. The molecule has 0 spiro atoms. The van der Waals surface area contributed by atoms with E-state index in [-0.39, 0.29) is 12.5 Å². The molecule has 29 heavy (non-hydrogen) atoms. The Morgan fingerprint density at radius 2 is 1.90 bits per heavy atom. The van der Waals surface area contributed by atoms with E-state index < -0.39 is 10.0 Å². The fourth-order valence-corrected chi connectivity index (χ4v) is 5.22. The Labute approximate surface area is 173 Å². The van der Waals surface area contributed by atoms with Crippen molar-refractivity contribution >= 4 is 26.8 Å². The molecule has 0 saturated carbocycles. The number of benzene rings is 1. The molecule has 1 N–H and O–H groups in total. The first-order valence-electron chi connectivity index (χ1n) is 10.5. The first kappa shape index (κ1) is 21.8. The summed E-state index contributed by atoms with van der Waals surface area (Å²) in [6, 6.07) is 7.02. The van der Waals surface area contributed by atoms with Crippen LogP contribution >= 0.6 is 0 Å². The van der Waals surface area contributed by atoms with Gasteiger partial charge in [-0.2, -0.15) is 4.31 Å². The quantitative estimate of drug-likeness (QED) is 0.632. The van der Waals surface area contributed by atoms with Gasteiger partial charge in [-0.15, -0.1) is 0 Å². The lowest BCUT2D eigenvalue weighted by Gasteiger charge is -2.20. The van der Waals surface area contributed by atoms with E-state index in [4.69, 9.17) is 4.74 Å². The van der Waals surface area contributed by atoms with Crippen LogP contribution in [0.3, 0.4) is 0 Å². The van der Waals surface area contributed by atoms with Crippen LogP contribution in [0.25, 0.3) is 10.9 Å². The van der Waals surface area contributed by atoms with Crippen molar-refractivity contribution in [2.24, 2.45) is 0 Å². The van der Waals surface area contributed by atoms with Gasteiger partial charge < -0.3 is 14.6 Å². The molecule has 0 bridgehead atoms. The zero-order chi connectivity index (χ0) is 20.7. The van der Waals surface area contributed by atoms with Crippen LogP contribution in [0.2, 0.25) is 0 Å². The third kappa shape index (κ3) is 5.58. The van der Waals surface area contributed by atoms with Crippen LogP contribution in [0.4, 0.5) is 0 Å². The van der Waals surface area contributed by atoms with Crippen LogP contribution in [0, 0.1) is 0 Å². The molecule has 0 atom stereocenters. The van der Waals surface area contributed by atoms with Crippen LogP contribution in [0.15, 0.2) is 35.4 Å². The van der Waals surface area contributed by atoms with E-state index in [1.165, 1.54) is 0 Å². The second-order valence-corrected chi connectivity index (χ2v) is 9.32. The lowest BCUT2D eigenvalue weighted by molar-refractivity contribution is -0.121. The number of fused-ring (bicyclic) bond motifs is 1. The Balaban J connectivity index is 1.67. The lowest BCUT2D eigenvalue weighted by Crippen LogP contribution is -2.31. The first-order valence-corrected chi connectivity index (χ1v) is 11.9. The zero-order valence-corrected chi connectivity index (χ0v) is 17.9. The number of rotatable bonds is 9. The molecule has 1 aliphatic rings. The summed E-state index contributed by atoms with van der Waals surface area (Å²) in [7, 11) is -3.48. The molecule has 7 nitrogen and oxygen atoms in total. The second kappa shape index (κ2) is 10.2. The highest BCUT2D eigenvalue weighted by atomic mass is 32.2. The lowest BCUT2D eigenvalue weighted by atomic mass is 10.2. The minimum Gasteiger partial charge on any atom is -0.382 e. The summed E-state index contributed by atoms with van der Waals surface area (Å²) in [5.41, 5.74) is 0.851. The molecule has 2 aromatic rings. The molecule has 0 radical (unpaired) electrons. The molecular formula is C21H31N3O4S. The molecule has 0 unspecified atom stereocenters. The summed E-state index contributed by atoms with van der Waals surface area (Å²) in [5.74, 6) is -0.0692. The molecule has 1 aliphatic heterocycles. The summed E-state index contributed by atoms with van der Waals surface area (Å²) >= 11 is 0. The summed E-state index contributed by atoms with van der Waals surface area (Å²) in [6.45, 7) is 5.22. The van der Waals surface area contributed by atoms with Gasteiger partial charge in [-0.05, 0) is 50.5 Å². The maximum atomic E-state index is 13.0. The summed E-state index contributed by atoms with van der Waals surface area (Å²) < 4.78 is 34.7. The smallest absolute Gasteiger partial charge is 0.243 e. The third-order valence-electron chi connectivity index (χ3n) is 5.25. The van der Waals surface area contributed by atoms with Crippen molar-refractivity contribution in [2.45, 2.75) is 50.5 Å². The Kier molecular flexibility index (Phi) is 7.69. The highest BCUT2D eigenvalue weighted by Gasteiger charge is 2.25. The van der Waals surface area contributed by atoms with E-state index in [1.54, 1.807) is 22.5 Å². The monoisotopic (exact) mass is 421 g/mol. The minimum atomic E-state index is -3.48. The van der Waals surface area contributed by atoms with Crippen LogP contribution in [-0.2, 0) is 26.1 Å². The summed E-state index contributed by atoms with van der Waals surface area (Å²) in [6.07, 6.45) is 6.61. The van der Waals surface area contributed by atoms with E-state index >= 15 is 0 Å². The average molecular weight is 422 g/mol. The van der Waals surface area contributed by atoms with Gasteiger partial charge in [0.25, 0.3) is 0 Å². The maximum Gasteiger partial charge on any atom is 0.243 e. The highest BCUT2D eigenvalue weighted by molar-refractivity contribution is 7.89. The molecule has 0 aliphatic carbocycles. The molecule has 1 fully saturated rings. The molecule has 2 heterocycles. The number of aromatic nitrogens is 1. The van der Waals surface area contributed by atoms with Gasteiger partial charge in [0, 0.05) is 49.9 Å². The Morgan fingerprint density at radius 1 is 1.14 bits per heavy atom. The molecule has 3 rings (SSSR count). The van der Waals surface area contributed by atoms with Crippen LogP contribution in [0.5, 0.6) is 0 Å². The standard InChI is InChI=1S/C21H31N3O4S/c1-2-28-15-7-11-22-21(25)17-23-14-10-18-16-19(8-9-20(18)23)29(26,27)24-12-5-3-4-6-13-24/h8-10,14,16H,2-7,11-13,15,17H2,1H3,(H,22,25). The van der Waals surface area contributed by atoms with Crippen molar-refractivity contribution in [3.05, 3.63) is 30.5 Å². The van der Waals surface area contributed by atoms with Crippen molar-refractivity contribution in [1.82, 2.24) is 14.2 Å². The van der Waals surface area contributed by atoms with Crippen LogP contribution in [-0.4, -0.2) is 56.0 Å². The number of sulfonamides is 1. The van der Waals surface area contributed by atoms with E-state index in [1.807, 2.05) is 23.8 Å². The Bertz CT molecular complexity index is 915. The van der Waals surface area contributed by atoms with Gasteiger partial charge in [-0.3, -0.25) is 4.79 Å². The number of nitrogens with zero attached hydrogens (tertiary/aromatic N) is 2. The molecule has 160 valence electrons. The summed E-state index contributed by atoms with van der Waals surface area (Å²) in [5, 5.41) is 3.71. The third-order valence-corrected chi connectivity index (χ3v) is 7.15. The molecule has 1 saturated heterocycles.